The molecule has 8 heteroatoms. The summed E-state index contributed by atoms with van der Waals surface area (Å²) in [6, 6.07) is 4.53. The highest BCUT2D eigenvalue weighted by molar-refractivity contribution is 6.35. The smallest absolute Gasteiger partial charge is 0.315 e. The summed E-state index contributed by atoms with van der Waals surface area (Å²) in [5.74, 6) is 0. The molecule has 3 N–H and O–H groups in total. The maximum atomic E-state index is 12.0. The lowest BCUT2D eigenvalue weighted by atomic mass is 10.1. The molecule has 128 valence electrons. The van der Waals surface area contributed by atoms with Crippen LogP contribution in [0.25, 0.3) is 0 Å². The highest BCUT2D eigenvalue weighted by Crippen LogP contribution is 2.20. The minimum Gasteiger partial charge on any atom is -0.394 e. The van der Waals surface area contributed by atoms with Crippen LogP contribution >= 0.6 is 23.2 Å². The molecule has 1 fully saturated rings. The van der Waals surface area contributed by atoms with Crippen LogP contribution in [0.4, 0.5) is 4.79 Å². The third-order valence-corrected chi connectivity index (χ3v) is 4.07. The van der Waals surface area contributed by atoms with Gasteiger partial charge < -0.3 is 25.2 Å². The molecule has 1 aromatic carbocycles. The van der Waals surface area contributed by atoms with Gasteiger partial charge in [0.25, 0.3) is 0 Å². The fourth-order valence-corrected chi connectivity index (χ4v) is 2.79. The van der Waals surface area contributed by atoms with E-state index in [1.54, 1.807) is 18.2 Å². The van der Waals surface area contributed by atoms with Crippen molar-refractivity contribution in [2.75, 3.05) is 26.4 Å². The molecule has 23 heavy (non-hydrogen) atoms. The zero-order valence-corrected chi connectivity index (χ0v) is 14.1. The van der Waals surface area contributed by atoms with E-state index in [1.807, 2.05) is 0 Å². The molecule has 2 atom stereocenters. The Hall–Kier alpha value is -1.05. The zero-order chi connectivity index (χ0) is 16.7. The number of nitrogens with one attached hydrogen (secondary N) is 2. The average molecular weight is 363 g/mol. The molecule has 0 spiro atoms. The second-order valence-corrected chi connectivity index (χ2v) is 6.01. The highest BCUT2D eigenvalue weighted by Gasteiger charge is 2.27. The Morgan fingerprint density at radius 3 is 3.00 bits per heavy atom. The van der Waals surface area contributed by atoms with Crippen LogP contribution in [0, 0.1) is 0 Å². The molecular weight excluding hydrogens is 343 g/mol. The molecule has 1 aliphatic rings. The number of halogens is 2. The molecule has 0 saturated carbocycles. The fraction of sp³-hybridized carbons (Fsp3) is 0.533. The number of aliphatic hydroxyl groups is 1. The minimum absolute atomic E-state index is 0.0503. The van der Waals surface area contributed by atoms with Gasteiger partial charge in [-0.3, -0.25) is 0 Å². The van der Waals surface area contributed by atoms with Crippen molar-refractivity contribution in [2.24, 2.45) is 0 Å². The van der Waals surface area contributed by atoms with Crippen molar-refractivity contribution in [2.45, 2.75) is 25.1 Å². The first-order chi connectivity index (χ1) is 11.1. The highest BCUT2D eigenvalue weighted by atomic mass is 35.5. The number of carbonyl (C=O) groups excluding carboxylic acids is 1. The Balaban J connectivity index is 1.83. The molecule has 2 rings (SSSR count). The topological polar surface area (TPSA) is 79.8 Å². The largest absolute Gasteiger partial charge is 0.394 e. The molecule has 6 nitrogen and oxygen atoms in total. The standard InChI is InChI=1S/C15H20Cl2N2O4/c16-11-2-1-10(12(17)7-11)8-18-15(21)19-13-9-22-5-3-14(13)23-6-4-20/h1-2,7,13-14,20H,3-6,8-9H2,(H2,18,19,21)/t13-,14+/m0/s1. The van der Waals surface area contributed by atoms with Gasteiger partial charge >= 0.3 is 6.03 Å². The van der Waals surface area contributed by atoms with Crippen molar-refractivity contribution in [1.82, 2.24) is 10.6 Å². The van der Waals surface area contributed by atoms with E-state index in [0.29, 0.717) is 29.7 Å². The number of amides is 2. The number of aliphatic hydroxyl groups excluding tert-OH is 1. The van der Waals surface area contributed by atoms with Gasteiger partial charge in [-0.1, -0.05) is 29.3 Å². The summed E-state index contributed by atoms with van der Waals surface area (Å²) in [4.78, 5) is 12.0. The molecular formula is C15H20Cl2N2O4. The third-order valence-electron chi connectivity index (χ3n) is 3.49. The molecule has 0 aromatic heterocycles. The van der Waals surface area contributed by atoms with Gasteiger partial charge in [0.2, 0.25) is 0 Å². The number of ether oxygens (including phenoxy) is 2. The summed E-state index contributed by atoms with van der Waals surface area (Å²) in [5, 5.41) is 15.5. The van der Waals surface area contributed by atoms with Crippen molar-refractivity contribution in [3.8, 4) is 0 Å². The quantitative estimate of drug-likeness (QED) is 0.722. The predicted octanol–water partition coefficient (Wildman–Crippen LogP) is 1.96. The number of urea groups is 1. The molecule has 2 amide bonds. The summed E-state index contributed by atoms with van der Waals surface area (Å²) in [6.45, 7) is 1.44. The lowest BCUT2D eigenvalue weighted by molar-refractivity contribution is -0.0603. The van der Waals surface area contributed by atoms with Gasteiger partial charge in [-0.25, -0.2) is 4.79 Å². The van der Waals surface area contributed by atoms with Crippen molar-refractivity contribution < 1.29 is 19.4 Å². The monoisotopic (exact) mass is 362 g/mol. The number of benzene rings is 1. The summed E-state index contributed by atoms with van der Waals surface area (Å²) in [7, 11) is 0. The summed E-state index contributed by atoms with van der Waals surface area (Å²) >= 11 is 11.9. The van der Waals surface area contributed by atoms with Crippen molar-refractivity contribution >= 4 is 29.2 Å². The van der Waals surface area contributed by atoms with Crippen molar-refractivity contribution in [3.63, 3.8) is 0 Å². The Bertz CT molecular complexity index is 530. The Kier molecular flexibility index (Phi) is 7.39. The molecule has 1 heterocycles. The van der Waals surface area contributed by atoms with Gasteiger partial charge in [0.05, 0.1) is 32.0 Å². The molecule has 0 bridgehead atoms. The van der Waals surface area contributed by atoms with E-state index in [2.05, 4.69) is 10.6 Å². The van der Waals surface area contributed by atoms with Crippen LogP contribution in [-0.4, -0.2) is 49.7 Å². The van der Waals surface area contributed by atoms with E-state index in [-0.39, 0.29) is 37.9 Å². The maximum absolute atomic E-state index is 12.0. The molecule has 1 aromatic rings. The molecule has 0 radical (unpaired) electrons. The molecule has 1 aliphatic heterocycles. The normalized spacial score (nSPS) is 21.0. The van der Waals surface area contributed by atoms with E-state index >= 15 is 0 Å². The maximum Gasteiger partial charge on any atom is 0.315 e. The number of carbonyl (C=O) groups is 1. The second-order valence-electron chi connectivity index (χ2n) is 5.17. The third kappa shape index (κ3) is 5.82. The van der Waals surface area contributed by atoms with Gasteiger partial charge in [0.15, 0.2) is 0 Å². The number of hydrogen-bond donors (Lipinski definition) is 3. The fourth-order valence-electron chi connectivity index (χ4n) is 2.32. The first-order valence-electron chi connectivity index (χ1n) is 7.38. The van der Waals surface area contributed by atoms with E-state index < -0.39 is 0 Å². The van der Waals surface area contributed by atoms with Crippen LogP contribution in [0.2, 0.25) is 10.0 Å². The van der Waals surface area contributed by atoms with E-state index in [4.69, 9.17) is 37.8 Å². The van der Waals surface area contributed by atoms with Crippen LogP contribution in [0.1, 0.15) is 12.0 Å². The van der Waals surface area contributed by atoms with Gasteiger partial charge in [-0.2, -0.15) is 0 Å². The van der Waals surface area contributed by atoms with E-state index in [1.165, 1.54) is 0 Å². The van der Waals surface area contributed by atoms with Crippen molar-refractivity contribution in [1.29, 1.82) is 0 Å². The van der Waals surface area contributed by atoms with Crippen LogP contribution in [0.15, 0.2) is 18.2 Å². The Labute approximate surface area is 145 Å². The molecule has 0 unspecified atom stereocenters. The lowest BCUT2D eigenvalue weighted by Crippen LogP contribution is -2.53. The van der Waals surface area contributed by atoms with Crippen LogP contribution < -0.4 is 10.6 Å². The van der Waals surface area contributed by atoms with Crippen LogP contribution in [-0.2, 0) is 16.0 Å². The van der Waals surface area contributed by atoms with E-state index in [0.717, 1.165) is 5.56 Å². The summed E-state index contributed by atoms with van der Waals surface area (Å²) < 4.78 is 10.9. The van der Waals surface area contributed by atoms with Gasteiger partial charge in [-0.15, -0.1) is 0 Å². The van der Waals surface area contributed by atoms with Crippen LogP contribution in [0.3, 0.4) is 0 Å². The summed E-state index contributed by atoms with van der Waals surface area (Å²) in [5.41, 5.74) is 0.777. The second kappa shape index (κ2) is 9.30. The molecule has 1 saturated heterocycles. The lowest BCUT2D eigenvalue weighted by Gasteiger charge is -2.31. The molecule has 0 aliphatic carbocycles. The van der Waals surface area contributed by atoms with Gasteiger partial charge in [0, 0.05) is 23.2 Å². The van der Waals surface area contributed by atoms with Crippen molar-refractivity contribution in [3.05, 3.63) is 33.8 Å². The number of rotatable bonds is 6. The van der Waals surface area contributed by atoms with Gasteiger partial charge in [0.1, 0.15) is 0 Å². The van der Waals surface area contributed by atoms with E-state index in [9.17, 15) is 4.79 Å². The Morgan fingerprint density at radius 2 is 2.26 bits per heavy atom. The average Bonchev–Trinajstić information content (AvgIpc) is 2.53. The predicted molar refractivity (Wildman–Crippen MR) is 87.9 cm³/mol. The minimum atomic E-state index is -0.330. The number of hydrogen-bond acceptors (Lipinski definition) is 4. The van der Waals surface area contributed by atoms with Crippen LogP contribution in [0.5, 0.6) is 0 Å². The first kappa shape index (κ1) is 18.3. The summed E-state index contributed by atoms with van der Waals surface area (Å²) in [6.07, 6.45) is 0.509. The SMILES string of the molecule is O=C(NCc1ccc(Cl)cc1Cl)N[C@H]1COCC[C@H]1OCCO. The zero-order valence-electron chi connectivity index (χ0n) is 12.6. The van der Waals surface area contributed by atoms with Gasteiger partial charge in [-0.05, 0) is 24.1 Å². The Morgan fingerprint density at radius 1 is 1.43 bits per heavy atom. The first-order valence-corrected chi connectivity index (χ1v) is 8.14.